The highest BCUT2D eigenvalue weighted by Crippen LogP contribution is 2.16. The first-order valence-electron chi connectivity index (χ1n) is 9.42. The van der Waals surface area contributed by atoms with Gasteiger partial charge in [0.2, 0.25) is 5.91 Å². The molecule has 1 fully saturated rings. The quantitative estimate of drug-likeness (QED) is 0.676. The number of ether oxygens (including phenoxy) is 1. The smallest absolute Gasteiger partial charge is 0.239 e. The van der Waals surface area contributed by atoms with Gasteiger partial charge in [0.05, 0.1) is 12.6 Å². The Morgan fingerprint density at radius 2 is 1.92 bits per heavy atom. The van der Waals surface area contributed by atoms with Gasteiger partial charge in [-0.2, -0.15) is 0 Å². The van der Waals surface area contributed by atoms with Gasteiger partial charge in [-0.05, 0) is 45.5 Å². The maximum Gasteiger partial charge on any atom is 0.239 e. The number of hydrogen-bond acceptors (Lipinski definition) is 4. The van der Waals surface area contributed by atoms with Gasteiger partial charge >= 0.3 is 0 Å². The van der Waals surface area contributed by atoms with Gasteiger partial charge in [-0.3, -0.25) is 9.69 Å². The number of likely N-dealkylation sites (N-methyl/N-ethyl adjacent to an activating group) is 2. The summed E-state index contributed by atoms with van der Waals surface area (Å²) in [5.74, 6) is 1.20. The number of piperazine rings is 1. The molecule has 0 saturated carbocycles. The number of nitrogens with zero attached hydrogens (tertiary/aromatic N) is 3. The molecule has 0 spiro atoms. The van der Waals surface area contributed by atoms with Crippen LogP contribution in [0.25, 0.3) is 0 Å². The van der Waals surface area contributed by atoms with Crippen molar-refractivity contribution in [3.05, 3.63) is 29.8 Å². The van der Waals surface area contributed by atoms with Gasteiger partial charge in [-0.25, -0.2) is 0 Å². The van der Waals surface area contributed by atoms with Crippen molar-refractivity contribution in [1.29, 1.82) is 0 Å². The van der Waals surface area contributed by atoms with Crippen LogP contribution >= 0.6 is 0 Å². The molecule has 1 aliphatic rings. The molecular formula is C20H33N3O2. The zero-order chi connectivity index (χ0) is 18.2. The zero-order valence-electron chi connectivity index (χ0n) is 16.2. The van der Waals surface area contributed by atoms with Crippen LogP contribution in [0.3, 0.4) is 0 Å². The molecule has 0 radical (unpaired) electrons. The topological polar surface area (TPSA) is 36.0 Å². The van der Waals surface area contributed by atoms with Crippen LogP contribution in [-0.2, 0) is 4.79 Å². The highest BCUT2D eigenvalue weighted by Gasteiger charge is 2.26. The second-order valence-electron chi connectivity index (χ2n) is 6.88. The molecule has 140 valence electrons. The first kappa shape index (κ1) is 19.7. The van der Waals surface area contributed by atoms with E-state index in [2.05, 4.69) is 29.7 Å². The van der Waals surface area contributed by atoms with E-state index >= 15 is 0 Å². The highest BCUT2D eigenvalue weighted by atomic mass is 16.5. The van der Waals surface area contributed by atoms with E-state index in [1.807, 2.05) is 37.1 Å². The summed E-state index contributed by atoms with van der Waals surface area (Å²) < 4.78 is 5.84. The van der Waals surface area contributed by atoms with E-state index in [1.165, 1.54) is 0 Å². The average molecular weight is 348 g/mol. The molecule has 5 heteroatoms. The van der Waals surface area contributed by atoms with Crippen LogP contribution in [0.2, 0.25) is 0 Å². The summed E-state index contributed by atoms with van der Waals surface area (Å²) in [7, 11) is 2.03. The van der Waals surface area contributed by atoms with Crippen LogP contribution in [0.1, 0.15) is 25.8 Å². The van der Waals surface area contributed by atoms with Crippen molar-refractivity contribution in [2.24, 2.45) is 0 Å². The molecular weight excluding hydrogens is 314 g/mol. The minimum Gasteiger partial charge on any atom is -0.493 e. The number of carbonyl (C=O) groups excluding carboxylic acids is 1. The number of carbonyl (C=O) groups is 1. The fourth-order valence-electron chi connectivity index (χ4n) is 3.15. The molecule has 1 amide bonds. The standard InChI is InChI=1S/C20H33N3O2/c1-5-22-12-14-23(15-13-22)20(24)18(3)21(4)11-8-16-25-19-10-7-6-9-17(19)2/h6-7,9-10,18H,5,8,11-16H2,1-4H3. The van der Waals surface area contributed by atoms with Gasteiger partial charge in [0.15, 0.2) is 0 Å². The largest absolute Gasteiger partial charge is 0.493 e. The molecule has 1 aromatic rings. The van der Waals surface area contributed by atoms with Crippen molar-refractivity contribution in [3.63, 3.8) is 0 Å². The Morgan fingerprint density at radius 1 is 1.24 bits per heavy atom. The lowest BCUT2D eigenvalue weighted by Gasteiger charge is -2.37. The zero-order valence-corrected chi connectivity index (χ0v) is 16.2. The number of aryl methyl sites for hydroxylation is 1. The van der Waals surface area contributed by atoms with E-state index in [0.717, 1.165) is 57.0 Å². The monoisotopic (exact) mass is 347 g/mol. The van der Waals surface area contributed by atoms with E-state index in [0.29, 0.717) is 6.61 Å². The molecule has 0 N–H and O–H groups in total. The van der Waals surface area contributed by atoms with E-state index < -0.39 is 0 Å². The summed E-state index contributed by atoms with van der Waals surface area (Å²) in [6.07, 6.45) is 0.909. The van der Waals surface area contributed by atoms with E-state index in [4.69, 9.17) is 4.74 Å². The number of benzene rings is 1. The summed E-state index contributed by atoms with van der Waals surface area (Å²) in [5, 5.41) is 0. The Kier molecular flexibility index (Phi) is 7.72. The first-order valence-corrected chi connectivity index (χ1v) is 9.42. The third-order valence-electron chi connectivity index (χ3n) is 5.16. The molecule has 1 heterocycles. The predicted octanol–water partition coefficient (Wildman–Crippen LogP) is 2.25. The minimum atomic E-state index is -0.0772. The molecule has 1 aliphatic heterocycles. The Balaban J connectivity index is 1.70. The third kappa shape index (κ3) is 5.72. The molecule has 2 rings (SSSR count). The minimum absolute atomic E-state index is 0.0772. The van der Waals surface area contributed by atoms with Crippen molar-refractivity contribution in [2.45, 2.75) is 33.2 Å². The predicted molar refractivity (Wildman–Crippen MR) is 102 cm³/mol. The number of para-hydroxylation sites is 1. The lowest BCUT2D eigenvalue weighted by atomic mass is 10.2. The fraction of sp³-hybridized carbons (Fsp3) is 0.650. The van der Waals surface area contributed by atoms with Crippen LogP contribution in [0.4, 0.5) is 0 Å². The molecule has 0 aliphatic carbocycles. The normalized spacial score (nSPS) is 16.9. The van der Waals surface area contributed by atoms with Crippen LogP contribution in [0.5, 0.6) is 5.75 Å². The molecule has 1 aromatic carbocycles. The number of amides is 1. The lowest BCUT2D eigenvalue weighted by Crippen LogP contribution is -2.53. The number of rotatable bonds is 8. The molecule has 25 heavy (non-hydrogen) atoms. The average Bonchev–Trinajstić information content (AvgIpc) is 2.65. The molecule has 0 aromatic heterocycles. The van der Waals surface area contributed by atoms with E-state index in [9.17, 15) is 4.79 Å². The Labute approximate surface area is 152 Å². The maximum absolute atomic E-state index is 12.7. The molecule has 1 atom stereocenters. The van der Waals surface area contributed by atoms with Crippen LogP contribution in [0, 0.1) is 6.92 Å². The van der Waals surface area contributed by atoms with Gasteiger partial charge in [0, 0.05) is 32.7 Å². The van der Waals surface area contributed by atoms with E-state index in [-0.39, 0.29) is 11.9 Å². The second kappa shape index (κ2) is 9.78. The van der Waals surface area contributed by atoms with Gasteiger partial charge < -0.3 is 14.5 Å². The summed E-state index contributed by atoms with van der Waals surface area (Å²) in [5.41, 5.74) is 1.16. The second-order valence-corrected chi connectivity index (χ2v) is 6.88. The first-order chi connectivity index (χ1) is 12.0. The van der Waals surface area contributed by atoms with Gasteiger partial charge in [-0.1, -0.05) is 25.1 Å². The summed E-state index contributed by atoms with van der Waals surface area (Å²) >= 11 is 0. The van der Waals surface area contributed by atoms with E-state index in [1.54, 1.807) is 0 Å². The van der Waals surface area contributed by atoms with Crippen LogP contribution in [-0.4, -0.2) is 79.6 Å². The van der Waals surface area contributed by atoms with Crippen molar-refractivity contribution < 1.29 is 9.53 Å². The highest BCUT2D eigenvalue weighted by molar-refractivity contribution is 5.81. The summed E-state index contributed by atoms with van der Waals surface area (Å²) in [4.78, 5) is 19.2. The maximum atomic E-state index is 12.7. The number of hydrogen-bond donors (Lipinski definition) is 0. The van der Waals surface area contributed by atoms with Gasteiger partial charge in [-0.15, -0.1) is 0 Å². The SMILES string of the molecule is CCN1CCN(C(=O)C(C)N(C)CCCOc2ccccc2C)CC1. The Bertz CT molecular complexity index is 541. The van der Waals surface area contributed by atoms with Gasteiger partial charge in [0.1, 0.15) is 5.75 Å². The van der Waals surface area contributed by atoms with Crippen molar-refractivity contribution >= 4 is 5.91 Å². The van der Waals surface area contributed by atoms with Gasteiger partial charge in [0.25, 0.3) is 0 Å². The van der Waals surface area contributed by atoms with Crippen molar-refractivity contribution in [2.75, 3.05) is 52.9 Å². The Morgan fingerprint density at radius 3 is 2.56 bits per heavy atom. The van der Waals surface area contributed by atoms with Crippen molar-refractivity contribution in [3.8, 4) is 5.75 Å². The lowest BCUT2D eigenvalue weighted by molar-refractivity contribution is -0.137. The summed E-state index contributed by atoms with van der Waals surface area (Å²) in [6.45, 7) is 12.5. The van der Waals surface area contributed by atoms with Crippen LogP contribution < -0.4 is 4.74 Å². The molecule has 0 bridgehead atoms. The molecule has 1 saturated heterocycles. The van der Waals surface area contributed by atoms with Crippen LogP contribution in [0.15, 0.2) is 24.3 Å². The molecule has 1 unspecified atom stereocenters. The summed E-state index contributed by atoms with van der Waals surface area (Å²) in [6, 6.07) is 7.99. The Hall–Kier alpha value is -1.59. The van der Waals surface area contributed by atoms with Crippen molar-refractivity contribution in [1.82, 2.24) is 14.7 Å². The molecule has 5 nitrogen and oxygen atoms in total. The third-order valence-corrected chi connectivity index (χ3v) is 5.16. The fourth-order valence-corrected chi connectivity index (χ4v) is 3.15.